The van der Waals surface area contributed by atoms with Gasteiger partial charge >= 0.3 is 0 Å². The van der Waals surface area contributed by atoms with Gasteiger partial charge in [-0.05, 0) is 74.6 Å². The topological polar surface area (TPSA) is 33.1 Å². The first-order valence-electron chi connectivity index (χ1n) is 10.6. The molecule has 4 nitrogen and oxygen atoms in total. The van der Waals surface area contributed by atoms with Crippen molar-refractivity contribution in [2.75, 3.05) is 11.9 Å². The number of aromatic nitrogens is 2. The molecule has 1 aliphatic heterocycles. The molecule has 0 saturated heterocycles. The van der Waals surface area contributed by atoms with E-state index in [1.54, 1.807) is 0 Å². The zero-order valence-corrected chi connectivity index (χ0v) is 16.4. The van der Waals surface area contributed by atoms with E-state index >= 15 is 0 Å². The van der Waals surface area contributed by atoms with E-state index in [0.29, 0.717) is 0 Å². The summed E-state index contributed by atoms with van der Waals surface area (Å²) < 4.78 is 2.30. The summed E-state index contributed by atoms with van der Waals surface area (Å²) >= 11 is 0. The van der Waals surface area contributed by atoms with Gasteiger partial charge in [-0.25, -0.2) is 0 Å². The highest BCUT2D eigenvalue weighted by Gasteiger charge is 2.29. The molecule has 2 aromatic rings. The second-order valence-electron chi connectivity index (χ2n) is 8.62. The molecular formula is C23H30N4. The van der Waals surface area contributed by atoms with E-state index in [1.807, 2.05) is 0 Å². The van der Waals surface area contributed by atoms with E-state index in [-0.39, 0.29) is 0 Å². The molecule has 0 bridgehead atoms. The van der Waals surface area contributed by atoms with Crippen molar-refractivity contribution < 1.29 is 0 Å². The van der Waals surface area contributed by atoms with Crippen LogP contribution in [0.25, 0.3) is 0 Å². The van der Waals surface area contributed by atoms with E-state index in [9.17, 15) is 0 Å². The molecule has 3 aliphatic rings. The fraction of sp³-hybridized carbons (Fsp3) is 0.522. The molecule has 27 heavy (non-hydrogen) atoms. The Morgan fingerprint density at radius 2 is 2.00 bits per heavy atom. The van der Waals surface area contributed by atoms with E-state index in [2.05, 4.69) is 46.6 Å². The maximum absolute atomic E-state index is 5.02. The molecule has 0 spiro atoms. The molecule has 2 aliphatic carbocycles. The van der Waals surface area contributed by atoms with Crippen molar-refractivity contribution in [3.63, 3.8) is 0 Å². The van der Waals surface area contributed by atoms with Crippen LogP contribution in [0.2, 0.25) is 0 Å². The normalized spacial score (nSPS) is 18.8. The van der Waals surface area contributed by atoms with E-state index in [1.165, 1.54) is 66.6 Å². The number of hydrogen-bond acceptors (Lipinski definition) is 3. The minimum Gasteiger partial charge on any atom is -0.371 e. The standard InChI is InChI=1S/C23H30N4/c1-16(2)26-12-11-22-21(15-26)23(25-27(22)14-17-7-8-17)24-20-10-9-18-5-3-4-6-19(18)13-20/h9-10,13,17H,1,3-8,11-12,14-15H2,2H3,(H,24,25). The molecule has 4 heteroatoms. The largest absolute Gasteiger partial charge is 0.371 e. The van der Waals surface area contributed by atoms with Crippen molar-refractivity contribution in [2.24, 2.45) is 5.92 Å². The summed E-state index contributed by atoms with van der Waals surface area (Å²) in [6.07, 6.45) is 8.87. The van der Waals surface area contributed by atoms with Crippen molar-refractivity contribution in [1.82, 2.24) is 14.7 Å². The molecule has 1 N–H and O–H groups in total. The Labute approximate surface area is 162 Å². The molecule has 0 unspecified atom stereocenters. The Bertz CT molecular complexity index is 875. The van der Waals surface area contributed by atoms with Crippen LogP contribution < -0.4 is 5.32 Å². The van der Waals surface area contributed by atoms with Gasteiger partial charge in [0.05, 0.1) is 0 Å². The van der Waals surface area contributed by atoms with Gasteiger partial charge in [0.15, 0.2) is 5.82 Å². The zero-order chi connectivity index (χ0) is 18.4. The molecule has 0 radical (unpaired) electrons. The number of anilines is 2. The SMILES string of the molecule is C=C(C)N1CCc2c(c(Nc3ccc4c(c3)CCCC4)nn2CC2CC2)C1. The second kappa shape index (κ2) is 6.74. The molecule has 5 rings (SSSR count). The first-order chi connectivity index (χ1) is 13.2. The van der Waals surface area contributed by atoms with Crippen LogP contribution >= 0.6 is 0 Å². The van der Waals surface area contributed by atoms with Gasteiger partial charge in [-0.2, -0.15) is 5.10 Å². The van der Waals surface area contributed by atoms with Gasteiger partial charge in [0.25, 0.3) is 0 Å². The third-order valence-electron chi connectivity index (χ3n) is 6.41. The van der Waals surface area contributed by atoms with Crippen molar-refractivity contribution >= 4 is 11.5 Å². The highest BCUT2D eigenvalue weighted by molar-refractivity contribution is 5.62. The molecule has 1 fully saturated rings. The molecule has 0 atom stereocenters. The summed E-state index contributed by atoms with van der Waals surface area (Å²) in [5, 5.41) is 8.69. The van der Waals surface area contributed by atoms with Crippen LogP contribution in [0.3, 0.4) is 0 Å². The Balaban J connectivity index is 1.46. The third-order valence-corrected chi connectivity index (χ3v) is 6.41. The molecule has 142 valence electrons. The van der Waals surface area contributed by atoms with Gasteiger partial charge in [0, 0.05) is 48.7 Å². The summed E-state index contributed by atoms with van der Waals surface area (Å²) in [5.74, 6) is 1.89. The monoisotopic (exact) mass is 362 g/mol. The number of rotatable bonds is 5. The Morgan fingerprint density at radius 3 is 2.78 bits per heavy atom. The lowest BCUT2D eigenvalue weighted by Crippen LogP contribution is -2.29. The van der Waals surface area contributed by atoms with E-state index < -0.39 is 0 Å². The number of aryl methyl sites for hydroxylation is 2. The van der Waals surface area contributed by atoms with Crippen LogP contribution in [0.1, 0.15) is 55.0 Å². The average molecular weight is 363 g/mol. The summed E-state index contributed by atoms with van der Waals surface area (Å²) in [6.45, 7) is 9.32. The molecule has 2 heterocycles. The predicted molar refractivity (Wildman–Crippen MR) is 110 cm³/mol. The average Bonchev–Trinajstić information content (AvgIpc) is 3.44. The minimum atomic E-state index is 0.838. The van der Waals surface area contributed by atoms with Gasteiger partial charge in [0.2, 0.25) is 0 Å². The lowest BCUT2D eigenvalue weighted by Gasteiger charge is -2.29. The van der Waals surface area contributed by atoms with Gasteiger partial charge in [0.1, 0.15) is 0 Å². The Morgan fingerprint density at radius 1 is 1.19 bits per heavy atom. The van der Waals surface area contributed by atoms with Crippen LogP contribution in [0.4, 0.5) is 11.5 Å². The van der Waals surface area contributed by atoms with Crippen molar-refractivity contribution in [1.29, 1.82) is 0 Å². The van der Waals surface area contributed by atoms with Gasteiger partial charge < -0.3 is 10.2 Å². The predicted octanol–water partition coefficient (Wildman–Crippen LogP) is 4.81. The number of allylic oxidation sites excluding steroid dienone is 1. The fourth-order valence-corrected chi connectivity index (χ4v) is 4.56. The second-order valence-corrected chi connectivity index (χ2v) is 8.62. The maximum Gasteiger partial charge on any atom is 0.157 e. The number of benzene rings is 1. The molecular weight excluding hydrogens is 332 g/mol. The first-order valence-corrected chi connectivity index (χ1v) is 10.6. The summed E-state index contributed by atoms with van der Waals surface area (Å²) in [5.41, 5.74) is 8.17. The van der Waals surface area contributed by atoms with E-state index in [0.717, 1.165) is 43.5 Å². The van der Waals surface area contributed by atoms with Crippen LogP contribution in [0, 0.1) is 5.92 Å². The molecule has 1 aromatic heterocycles. The Kier molecular flexibility index (Phi) is 4.22. The Hall–Kier alpha value is -2.23. The summed E-state index contributed by atoms with van der Waals surface area (Å²) in [4.78, 5) is 2.38. The van der Waals surface area contributed by atoms with Crippen molar-refractivity contribution in [3.05, 3.63) is 52.9 Å². The van der Waals surface area contributed by atoms with Gasteiger partial charge in [-0.15, -0.1) is 0 Å². The number of nitrogens with one attached hydrogen (secondary N) is 1. The van der Waals surface area contributed by atoms with Crippen LogP contribution in [-0.2, 0) is 32.4 Å². The molecule has 0 amide bonds. The number of hydrogen-bond donors (Lipinski definition) is 1. The molecule has 1 saturated carbocycles. The highest BCUT2D eigenvalue weighted by atomic mass is 15.3. The van der Waals surface area contributed by atoms with E-state index in [4.69, 9.17) is 5.10 Å². The number of fused-ring (bicyclic) bond motifs is 2. The fourth-order valence-electron chi connectivity index (χ4n) is 4.56. The van der Waals surface area contributed by atoms with Crippen LogP contribution in [0.15, 0.2) is 30.5 Å². The lowest BCUT2D eigenvalue weighted by atomic mass is 9.91. The van der Waals surface area contributed by atoms with Crippen molar-refractivity contribution in [3.8, 4) is 0 Å². The van der Waals surface area contributed by atoms with Crippen LogP contribution in [0.5, 0.6) is 0 Å². The zero-order valence-electron chi connectivity index (χ0n) is 16.4. The first kappa shape index (κ1) is 16.9. The quantitative estimate of drug-likeness (QED) is 0.829. The smallest absolute Gasteiger partial charge is 0.157 e. The summed E-state index contributed by atoms with van der Waals surface area (Å²) in [7, 11) is 0. The van der Waals surface area contributed by atoms with Gasteiger partial charge in [-0.1, -0.05) is 12.6 Å². The van der Waals surface area contributed by atoms with Gasteiger partial charge in [-0.3, -0.25) is 4.68 Å². The minimum absolute atomic E-state index is 0.838. The van der Waals surface area contributed by atoms with Crippen molar-refractivity contribution in [2.45, 2.75) is 65.0 Å². The molecule has 1 aromatic carbocycles. The number of nitrogens with zero attached hydrogens (tertiary/aromatic N) is 3. The lowest BCUT2D eigenvalue weighted by molar-refractivity contribution is 0.318. The summed E-state index contributed by atoms with van der Waals surface area (Å²) in [6, 6.07) is 6.89. The van der Waals surface area contributed by atoms with Crippen LogP contribution in [-0.4, -0.2) is 21.2 Å². The third kappa shape index (κ3) is 3.38. The maximum atomic E-state index is 5.02. The highest BCUT2D eigenvalue weighted by Crippen LogP contribution is 2.35.